The van der Waals surface area contributed by atoms with Gasteiger partial charge in [-0.3, -0.25) is 4.79 Å². The molecule has 0 radical (unpaired) electrons. The van der Waals surface area contributed by atoms with Gasteiger partial charge in [0.25, 0.3) is 15.9 Å². The fourth-order valence-corrected chi connectivity index (χ4v) is 4.32. The number of nitrogens with two attached hydrogens (primary N) is 1. The molecule has 0 bridgehead atoms. The highest BCUT2D eigenvalue weighted by Crippen LogP contribution is 2.37. The Morgan fingerprint density at radius 3 is 2.61 bits per heavy atom. The van der Waals surface area contributed by atoms with E-state index in [1.807, 2.05) is 17.5 Å². The number of rotatable bonds is 5. The summed E-state index contributed by atoms with van der Waals surface area (Å²) in [6.45, 7) is 0. The van der Waals surface area contributed by atoms with Gasteiger partial charge in [-0.25, -0.2) is 13.6 Å². The Morgan fingerprint density at radius 1 is 1.30 bits per heavy atom. The number of thiophene rings is 1. The lowest BCUT2D eigenvalue weighted by molar-refractivity contribution is 0.0889. The lowest BCUT2D eigenvalue weighted by atomic mass is 9.96. The molecule has 2 aromatic rings. The smallest absolute Gasteiger partial charge is 0.287 e. The lowest BCUT2D eigenvalue weighted by Crippen LogP contribution is -2.32. The zero-order valence-electron chi connectivity index (χ0n) is 12.4. The first kappa shape index (κ1) is 16.2. The first-order valence-corrected chi connectivity index (χ1v) is 9.84. The fourth-order valence-electron chi connectivity index (χ4n) is 2.99. The van der Waals surface area contributed by atoms with Crippen molar-refractivity contribution in [2.45, 2.75) is 36.8 Å². The SMILES string of the molecule is NS(=O)(=O)c1ccc(C(=O)NC(c2cccs2)C2CCCC2)o1. The maximum atomic E-state index is 12.4. The van der Waals surface area contributed by atoms with Gasteiger partial charge in [0, 0.05) is 4.88 Å². The molecular weight excluding hydrogens is 336 g/mol. The van der Waals surface area contributed by atoms with Gasteiger partial charge in [-0.2, -0.15) is 0 Å². The molecule has 1 unspecified atom stereocenters. The van der Waals surface area contributed by atoms with Crippen molar-refractivity contribution in [2.75, 3.05) is 0 Å². The molecule has 0 aliphatic heterocycles. The number of carbonyl (C=O) groups is 1. The predicted octanol–water partition coefficient (Wildman–Crippen LogP) is 2.65. The molecule has 6 nitrogen and oxygen atoms in total. The van der Waals surface area contributed by atoms with Gasteiger partial charge in [-0.1, -0.05) is 18.9 Å². The van der Waals surface area contributed by atoms with Gasteiger partial charge in [-0.15, -0.1) is 11.3 Å². The summed E-state index contributed by atoms with van der Waals surface area (Å²) in [6, 6.07) is 6.41. The highest BCUT2D eigenvalue weighted by molar-refractivity contribution is 7.89. The zero-order valence-corrected chi connectivity index (χ0v) is 14.0. The Labute approximate surface area is 138 Å². The summed E-state index contributed by atoms with van der Waals surface area (Å²) in [6.07, 6.45) is 4.48. The normalized spacial score (nSPS) is 17.3. The molecule has 0 spiro atoms. The Balaban J connectivity index is 1.79. The molecule has 0 aromatic carbocycles. The topological polar surface area (TPSA) is 102 Å². The van der Waals surface area contributed by atoms with E-state index in [2.05, 4.69) is 5.32 Å². The van der Waals surface area contributed by atoms with E-state index in [0.717, 1.165) is 17.7 Å². The molecule has 124 valence electrons. The van der Waals surface area contributed by atoms with Crippen molar-refractivity contribution in [2.24, 2.45) is 11.1 Å². The van der Waals surface area contributed by atoms with Crippen LogP contribution in [0.3, 0.4) is 0 Å². The summed E-state index contributed by atoms with van der Waals surface area (Å²) in [5.74, 6) is -0.0796. The molecular formula is C15H18N2O4S2. The van der Waals surface area contributed by atoms with E-state index in [1.165, 1.54) is 25.0 Å². The standard InChI is InChI=1S/C15H18N2O4S2/c16-23(19,20)13-8-7-11(21-13)15(18)17-14(10-4-1-2-5-10)12-6-3-9-22-12/h3,6-10,14H,1-2,4-5H2,(H,17,18)(H2,16,19,20). The van der Waals surface area contributed by atoms with Crippen LogP contribution in [0.1, 0.15) is 47.2 Å². The molecule has 2 heterocycles. The van der Waals surface area contributed by atoms with E-state index in [0.29, 0.717) is 5.92 Å². The van der Waals surface area contributed by atoms with Gasteiger partial charge >= 0.3 is 0 Å². The maximum absolute atomic E-state index is 12.4. The second-order valence-corrected chi connectivity index (χ2v) is 8.15. The molecule has 3 N–H and O–H groups in total. The van der Waals surface area contributed by atoms with Crippen molar-refractivity contribution in [3.8, 4) is 0 Å². The number of furan rings is 1. The molecule has 8 heteroatoms. The van der Waals surface area contributed by atoms with E-state index in [1.54, 1.807) is 11.3 Å². The van der Waals surface area contributed by atoms with Crippen LogP contribution in [0.5, 0.6) is 0 Å². The summed E-state index contributed by atoms with van der Waals surface area (Å²) in [5, 5.41) is 9.56. The maximum Gasteiger partial charge on any atom is 0.287 e. The minimum absolute atomic E-state index is 0.0476. The second-order valence-electron chi connectivity index (χ2n) is 5.67. The highest BCUT2D eigenvalue weighted by atomic mass is 32.2. The summed E-state index contributed by atoms with van der Waals surface area (Å²) < 4.78 is 27.6. The number of carbonyl (C=O) groups excluding carboxylic acids is 1. The zero-order chi connectivity index (χ0) is 16.4. The minimum Gasteiger partial charge on any atom is -0.438 e. The third kappa shape index (κ3) is 3.65. The van der Waals surface area contributed by atoms with Crippen molar-refractivity contribution in [1.29, 1.82) is 0 Å². The molecule has 3 rings (SSSR count). The fraction of sp³-hybridized carbons (Fsp3) is 0.400. The average Bonchev–Trinajstić information content (AvgIpc) is 3.25. The summed E-state index contributed by atoms with van der Waals surface area (Å²) >= 11 is 1.60. The van der Waals surface area contributed by atoms with Gasteiger partial charge in [0.1, 0.15) is 0 Å². The van der Waals surface area contributed by atoms with Crippen molar-refractivity contribution >= 4 is 27.3 Å². The number of hydrogen-bond acceptors (Lipinski definition) is 5. The van der Waals surface area contributed by atoms with Gasteiger partial charge in [0.05, 0.1) is 6.04 Å². The molecule has 1 aliphatic carbocycles. The quantitative estimate of drug-likeness (QED) is 0.861. The Bertz CT molecular complexity index is 774. The average molecular weight is 354 g/mol. The number of hydrogen-bond donors (Lipinski definition) is 2. The van der Waals surface area contributed by atoms with Crippen LogP contribution in [-0.2, 0) is 10.0 Å². The Hall–Kier alpha value is -1.64. The van der Waals surface area contributed by atoms with Crippen molar-refractivity contribution < 1.29 is 17.6 Å². The number of nitrogens with one attached hydrogen (secondary N) is 1. The van der Waals surface area contributed by atoms with E-state index < -0.39 is 21.0 Å². The summed E-state index contributed by atoms with van der Waals surface area (Å²) in [7, 11) is -3.95. The minimum atomic E-state index is -3.95. The molecule has 23 heavy (non-hydrogen) atoms. The molecule has 1 aliphatic rings. The first-order chi connectivity index (χ1) is 10.9. The molecule has 1 fully saturated rings. The van der Waals surface area contributed by atoms with Crippen LogP contribution < -0.4 is 10.5 Å². The van der Waals surface area contributed by atoms with Crippen molar-refractivity contribution in [3.05, 3.63) is 40.3 Å². The van der Waals surface area contributed by atoms with Gasteiger partial charge < -0.3 is 9.73 Å². The van der Waals surface area contributed by atoms with Crippen molar-refractivity contribution in [3.63, 3.8) is 0 Å². The second kappa shape index (κ2) is 6.46. The third-order valence-electron chi connectivity index (χ3n) is 4.09. The third-order valence-corrected chi connectivity index (χ3v) is 5.83. The van der Waals surface area contributed by atoms with E-state index in [4.69, 9.17) is 9.56 Å². The molecule has 2 aromatic heterocycles. The molecule has 1 saturated carbocycles. The van der Waals surface area contributed by atoms with Crippen LogP contribution in [0, 0.1) is 5.92 Å². The monoisotopic (exact) mass is 354 g/mol. The van der Waals surface area contributed by atoms with Crippen LogP contribution in [0.2, 0.25) is 0 Å². The summed E-state index contributed by atoms with van der Waals surface area (Å²) in [4.78, 5) is 13.5. The van der Waals surface area contributed by atoms with Gasteiger partial charge in [-0.05, 0) is 42.3 Å². The van der Waals surface area contributed by atoms with Crippen LogP contribution >= 0.6 is 11.3 Å². The highest BCUT2D eigenvalue weighted by Gasteiger charge is 2.29. The Morgan fingerprint density at radius 2 is 2.04 bits per heavy atom. The van der Waals surface area contributed by atoms with Crippen LogP contribution in [-0.4, -0.2) is 14.3 Å². The van der Waals surface area contributed by atoms with E-state index in [-0.39, 0.29) is 11.8 Å². The van der Waals surface area contributed by atoms with Crippen LogP contribution in [0.15, 0.2) is 39.2 Å². The van der Waals surface area contributed by atoms with Gasteiger partial charge in [0.2, 0.25) is 5.09 Å². The first-order valence-electron chi connectivity index (χ1n) is 7.42. The Kier molecular flexibility index (Phi) is 4.56. The number of amides is 1. The van der Waals surface area contributed by atoms with Crippen LogP contribution in [0.4, 0.5) is 0 Å². The predicted molar refractivity (Wildman–Crippen MR) is 86.6 cm³/mol. The lowest BCUT2D eigenvalue weighted by Gasteiger charge is -2.23. The largest absolute Gasteiger partial charge is 0.438 e. The molecule has 1 amide bonds. The van der Waals surface area contributed by atoms with E-state index >= 15 is 0 Å². The van der Waals surface area contributed by atoms with Crippen molar-refractivity contribution in [1.82, 2.24) is 5.32 Å². The number of sulfonamides is 1. The van der Waals surface area contributed by atoms with E-state index in [9.17, 15) is 13.2 Å². The molecule has 0 saturated heterocycles. The molecule has 1 atom stereocenters. The summed E-state index contributed by atoms with van der Waals surface area (Å²) in [5.41, 5.74) is 0. The number of primary sulfonamides is 1. The van der Waals surface area contributed by atoms with Gasteiger partial charge in [0.15, 0.2) is 5.76 Å². The van der Waals surface area contributed by atoms with Crippen LogP contribution in [0.25, 0.3) is 0 Å².